The fourth-order valence-electron chi connectivity index (χ4n) is 2.30. The minimum absolute atomic E-state index is 0.148. The first-order valence-electron chi connectivity index (χ1n) is 7.34. The highest BCUT2D eigenvalue weighted by Gasteiger charge is 2.17. The van der Waals surface area contributed by atoms with Gasteiger partial charge in [0.15, 0.2) is 0 Å². The molecule has 0 aliphatic heterocycles. The Morgan fingerprint density at radius 3 is 2.48 bits per heavy atom. The Balaban J connectivity index is 2.11. The van der Waals surface area contributed by atoms with Crippen LogP contribution in [-0.2, 0) is 9.59 Å². The Kier molecular flexibility index (Phi) is 5.77. The number of amides is 2. The van der Waals surface area contributed by atoms with Crippen molar-refractivity contribution in [3.63, 3.8) is 0 Å². The predicted octanol–water partition coefficient (Wildman–Crippen LogP) is 3.85. The standard InChI is InChI=1S/C18H19ClN2O2/c1-12-8-9-15(19)10-16(12)21-18(23)11-17(20-13(2)22)14-6-4-3-5-7-14/h3-10,17H,11H2,1-2H3,(H,20,22)(H,21,23). The van der Waals surface area contributed by atoms with Crippen molar-refractivity contribution in [3.05, 3.63) is 64.7 Å². The lowest BCUT2D eigenvalue weighted by molar-refractivity contribution is -0.120. The first-order valence-corrected chi connectivity index (χ1v) is 7.71. The third-order valence-corrected chi connectivity index (χ3v) is 3.68. The van der Waals surface area contributed by atoms with E-state index in [1.54, 1.807) is 12.1 Å². The summed E-state index contributed by atoms with van der Waals surface area (Å²) < 4.78 is 0. The number of carbonyl (C=O) groups excluding carboxylic acids is 2. The van der Waals surface area contributed by atoms with Crippen LogP contribution >= 0.6 is 11.6 Å². The van der Waals surface area contributed by atoms with E-state index in [1.165, 1.54) is 6.92 Å². The molecule has 0 aliphatic carbocycles. The molecule has 0 aliphatic rings. The predicted molar refractivity (Wildman–Crippen MR) is 92.4 cm³/mol. The van der Waals surface area contributed by atoms with Crippen LogP contribution < -0.4 is 10.6 Å². The summed E-state index contributed by atoms with van der Waals surface area (Å²) in [6.07, 6.45) is 0.148. The topological polar surface area (TPSA) is 58.2 Å². The molecule has 0 aromatic heterocycles. The molecular formula is C18H19ClN2O2. The molecule has 0 bridgehead atoms. The summed E-state index contributed by atoms with van der Waals surface area (Å²) >= 11 is 5.96. The zero-order chi connectivity index (χ0) is 16.8. The van der Waals surface area contributed by atoms with E-state index in [1.807, 2.05) is 43.3 Å². The van der Waals surface area contributed by atoms with Crippen molar-refractivity contribution in [2.75, 3.05) is 5.32 Å². The van der Waals surface area contributed by atoms with Crippen LogP contribution in [0.25, 0.3) is 0 Å². The van der Waals surface area contributed by atoms with E-state index < -0.39 is 0 Å². The maximum atomic E-state index is 12.3. The molecule has 0 fully saturated rings. The van der Waals surface area contributed by atoms with Crippen LogP contribution in [0, 0.1) is 6.92 Å². The normalized spacial score (nSPS) is 11.6. The fourth-order valence-corrected chi connectivity index (χ4v) is 2.47. The number of benzene rings is 2. The van der Waals surface area contributed by atoms with Gasteiger partial charge in [-0.25, -0.2) is 0 Å². The molecule has 0 heterocycles. The Morgan fingerprint density at radius 1 is 1.13 bits per heavy atom. The molecule has 2 N–H and O–H groups in total. The molecule has 2 rings (SSSR count). The van der Waals surface area contributed by atoms with Gasteiger partial charge in [-0.1, -0.05) is 48.0 Å². The molecule has 4 nitrogen and oxygen atoms in total. The molecule has 0 spiro atoms. The number of rotatable bonds is 5. The number of halogens is 1. The Bertz CT molecular complexity index is 701. The first kappa shape index (κ1) is 17.0. The van der Waals surface area contributed by atoms with Gasteiger partial charge in [0.05, 0.1) is 12.5 Å². The average Bonchev–Trinajstić information content (AvgIpc) is 2.51. The van der Waals surface area contributed by atoms with Crippen LogP contribution in [0.15, 0.2) is 48.5 Å². The second-order valence-electron chi connectivity index (χ2n) is 5.38. The Labute approximate surface area is 140 Å². The molecule has 2 aromatic carbocycles. The minimum Gasteiger partial charge on any atom is -0.349 e. The van der Waals surface area contributed by atoms with Crippen molar-refractivity contribution in [2.45, 2.75) is 26.3 Å². The van der Waals surface area contributed by atoms with Gasteiger partial charge in [-0.3, -0.25) is 9.59 Å². The van der Waals surface area contributed by atoms with Crippen LogP contribution in [0.5, 0.6) is 0 Å². The zero-order valence-electron chi connectivity index (χ0n) is 13.1. The van der Waals surface area contributed by atoms with Gasteiger partial charge in [-0.05, 0) is 30.2 Å². The molecule has 0 saturated carbocycles. The quantitative estimate of drug-likeness (QED) is 0.874. The number of nitrogens with one attached hydrogen (secondary N) is 2. The SMILES string of the molecule is CC(=O)NC(CC(=O)Nc1cc(Cl)ccc1C)c1ccccc1. The second kappa shape index (κ2) is 7.79. The summed E-state index contributed by atoms with van der Waals surface area (Å²) in [6, 6.07) is 14.4. The van der Waals surface area contributed by atoms with Crippen LogP contribution in [-0.4, -0.2) is 11.8 Å². The summed E-state index contributed by atoms with van der Waals surface area (Å²) in [5, 5.41) is 6.23. The average molecular weight is 331 g/mol. The number of aryl methyl sites for hydroxylation is 1. The van der Waals surface area contributed by atoms with Gasteiger partial charge < -0.3 is 10.6 Å². The van der Waals surface area contributed by atoms with Gasteiger partial charge in [0.2, 0.25) is 11.8 Å². The summed E-state index contributed by atoms with van der Waals surface area (Å²) in [7, 11) is 0. The Hall–Kier alpha value is -2.33. The molecule has 2 aromatic rings. The van der Waals surface area contributed by atoms with Crippen LogP contribution in [0.2, 0.25) is 5.02 Å². The molecule has 1 unspecified atom stereocenters. The van der Waals surface area contributed by atoms with E-state index in [-0.39, 0.29) is 24.3 Å². The molecule has 0 radical (unpaired) electrons. The van der Waals surface area contributed by atoms with Crippen molar-refractivity contribution < 1.29 is 9.59 Å². The third kappa shape index (κ3) is 5.11. The number of hydrogen-bond donors (Lipinski definition) is 2. The van der Waals surface area contributed by atoms with Gasteiger partial charge in [0.1, 0.15) is 0 Å². The molecule has 2 amide bonds. The first-order chi connectivity index (χ1) is 11.0. The maximum Gasteiger partial charge on any atom is 0.226 e. The Morgan fingerprint density at radius 2 is 1.83 bits per heavy atom. The van der Waals surface area contributed by atoms with Crippen molar-refractivity contribution in [3.8, 4) is 0 Å². The molecule has 23 heavy (non-hydrogen) atoms. The highest BCUT2D eigenvalue weighted by atomic mass is 35.5. The summed E-state index contributed by atoms with van der Waals surface area (Å²) in [6.45, 7) is 3.34. The number of anilines is 1. The van der Waals surface area contributed by atoms with Crippen molar-refractivity contribution in [2.24, 2.45) is 0 Å². The largest absolute Gasteiger partial charge is 0.349 e. The van der Waals surface area contributed by atoms with Crippen molar-refractivity contribution in [1.82, 2.24) is 5.32 Å². The zero-order valence-corrected chi connectivity index (χ0v) is 13.9. The van der Waals surface area contributed by atoms with E-state index in [2.05, 4.69) is 10.6 Å². The highest BCUT2D eigenvalue weighted by Crippen LogP contribution is 2.22. The molecule has 0 saturated heterocycles. The van der Waals surface area contributed by atoms with Gasteiger partial charge in [0, 0.05) is 17.6 Å². The number of hydrogen-bond acceptors (Lipinski definition) is 2. The van der Waals surface area contributed by atoms with Gasteiger partial charge in [-0.2, -0.15) is 0 Å². The van der Waals surface area contributed by atoms with E-state index in [4.69, 9.17) is 11.6 Å². The van der Waals surface area contributed by atoms with E-state index in [0.717, 1.165) is 11.1 Å². The lowest BCUT2D eigenvalue weighted by Gasteiger charge is -2.18. The second-order valence-corrected chi connectivity index (χ2v) is 5.81. The van der Waals surface area contributed by atoms with Crippen molar-refractivity contribution >= 4 is 29.1 Å². The summed E-state index contributed by atoms with van der Waals surface area (Å²) in [4.78, 5) is 23.7. The minimum atomic E-state index is -0.367. The van der Waals surface area contributed by atoms with E-state index >= 15 is 0 Å². The number of carbonyl (C=O) groups is 2. The third-order valence-electron chi connectivity index (χ3n) is 3.44. The van der Waals surface area contributed by atoms with E-state index in [0.29, 0.717) is 10.7 Å². The molecule has 120 valence electrons. The summed E-state index contributed by atoms with van der Waals surface area (Å²) in [5.74, 6) is -0.358. The van der Waals surface area contributed by atoms with Crippen molar-refractivity contribution in [1.29, 1.82) is 0 Å². The lowest BCUT2D eigenvalue weighted by atomic mass is 10.0. The molecular weight excluding hydrogens is 312 g/mol. The highest BCUT2D eigenvalue weighted by molar-refractivity contribution is 6.31. The maximum absolute atomic E-state index is 12.3. The van der Waals surface area contributed by atoms with Crippen LogP contribution in [0.3, 0.4) is 0 Å². The van der Waals surface area contributed by atoms with Gasteiger partial charge >= 0.3 is 0 Å². The summed E-state index contributed by atoms with van der Waals surface area (Å²) in [5.41, 5.74) is 2.50. The monoisotopic (exact) mass is 330 g/mol. The molecule has 5 heteroatoms. The van der Waals surface area contributed by atoms with Crippen LogP contribution in [0.1, 0.15) is 30.5 Å². The van der Waals surface area contributed by atoms with Crippen LogP contribution in [0.4, 0.5) is 5.69 Å². The van der Waals surface area contributed by atoms with E-state index in [9.17, 15) is 9.59 Å². The fraction of sp³-hybridized carbons (Fsp3) is 0.222. The molecule has 1 atom stereocenters. The lowest BCUT2D eigenvalue weighted by Crippen LogP contribution is -2.29. The van der Waals surface area contributed by atoms with Gasteiger partial charge in [0.25, 0.3) is 0 Å². The van der Waals surface area contributed by atoms with Gasteiger partial charge in [-0.15, -0.1) is 0 Å². The smallest absolute Gasteiger partial charge is 0.226 e.